The molecule has 0 aliphatic carbocycles. The molecule has 82 valence electrons. The van der Waals surface area contributed by atoms with Crippen LogP contribution in [0.15, 0.2) is 0 Å². The van der Waals surface area contributed by atoms with Gasteiger partial charge in [0, 0.05) is 10.6 Å². The minimum absolute atomic E-state index is 0.294. The Morgan fingerprint density at radius 3 is 2.07 bits per heavy atom. The van der Waals surface area contributed by atoms with Crippen LogP contribution in [0.1, 0.15) is 19.4 Å². The first-order valence-corrected chi connectivity index (χ1v) is 6.03. The molecule has 15 heavy (non-hydrogen) atoms. The van der Waals surface area contributed by atoms with Gasteiger partial charge in [0.2, 0.25) is 0 Å². The van der Waals surface area contributed by atoms with Gasteiger partial charge in [-0.25, -0.2) is 8.78 Å². The minimum Gasteiger partial charge on any atom is -0.207 e. The topological polar surface area (TPSA) is 0 Å². The molecule has 0 saturated heterocycles. The van der Waals surface area contributed by atoms with Gasteiger partial charge >= 0.3 is 0 Å². The Bertz CT molecular complexity index is 362. The van der Waals surface area contributed by atoms with Crippen molar-refractivity contribution in [3.63, 3.8) is 0 Å². The third kappa shape index (κ3) is 2.57. The molecular formula is C10H15BF2P2. The largest absolute Gasteiger partial charge is 0.207 e. The number of hydrogen-bond donors (Lipinski definition) is 0. The molecule has 2 unspecified atom stereocenters. The first-order chi connectivity index (χ1) is 6.86. The standard InChI is InChI=1S/C10H15BF2P2/c1-4(2)3-5-6(11)8(13)10(15)9(14)7(5)12/h4H,3,11,14-15H2,1-2H3. The van der Waals surface area contributed by atoms with Gasteiger partial charge in [-0.2, -0.15) is 0 Å². The Morgan fingerprint density at radius 2 is 1.60 bits per heavy atom. The second-order valence-electron chi connectivity index (χ2n) is 4.16. The van der Waals surface area contributed by atoms with E-state index in [9.17, 15) is 8.78 Å². The van der Waals surface area contributed by atoms with Crippen LogP contribution in [0.5, 0.6) is 0 Å². The Morgan fingerprint density at radius 1 is 1.13 bits per heavy atom. The molecule has 0 spiro atoms. The highest BCUT2D eigenvalue weighted by Crippen LogP contribution is 2.12. The molecule has 0 aliphatic heterocycles. The number of rotatable bonds is 2. The van der Waals surface area contributed by atoms with Crippen LogP contribution in [0.3, 0.4) is 0 Å². The van der Waals surface area contributed by atoms with Crippen molar-refractivity contribution in [2.45, 2.75) is 20.3 Å². The predicted octanol–water partition coefficient (Wildman–Crippen LogP) is 0.423. The summed E-state index contributed by atoms with van der Waals surface area (Å²) in [7, 11) is 6.14. The van der Waals surface area contributed by atoms with E-state index in [1.165, 1.54) is 0 Å². The van der Waals surface area contributed by atoms with E-state index in [1.54, 1.807) is 7.85 Å². The van der Waals surface area contributed by atoms with E-state index in [1.807, 2.05) is 13.8 Å². The van der Waals surface area contributed by atoms with Crippen molar-refractivity contribution < 1.29 is 8.78 Å². The maximum Gasteiger partial charge on any atom is 0.143 e. The summed E-state index contributed by atoms with van der Waals surface area (Å²) in [5.74, 6) is -0.294. The highest BCUT2D eigenvalue weighted by Gasteiger charge is 2.17. The summed E-state index contributed by atoms with van der Waals surface area (Å²) in [6.45, 7) is 3.99. The van der Waals surface area contributed by atoms with E-state index in [0.29, 0.717) is 34.0 Å². The first-order valence-electron chi connectivity index (χ1n) is 4.87. The first kappa shape index (κ1) is 13.1. The number of halogens is 2. The summed E-state index contributed by atoms with van der Waals surface area (Å²) in [6, 6.07) is 0. The Balaban J connectivity index is 3.39. The summed E-state index contributed by atoms with van der Waals surface area (Å²) >= 11 is 0. The highest BCUT2D eigenvalue weighted by molar-refractivity contribution is 7.35. The maximum atomic E-state index is 13.9. The monoisotopic (exact) mass is 246 g/mol. The zero-order valence-electron chi connectivity index (χ0n) is 9.20. The lowest BCUT2D eigenvalue weighted by Crippen LogP contribution is -2.33. The molecule has 1 rings (SSSR count). The van der Waals surface area contributed by atoms with Gasteiger partial charge in [0.1, 0.15) is 19.5 Å². The molecule has 0 aromatic heterocycles. The zero-order valence-corrected chi connectivity index (χ0v) is 11.5. The molecule has 0 aliphatic rings. The van der Waals surface area contributed by atoms with E-state index < -0.39 is 0 Å². The van der Waals surface area contributed by atoms with Gasteiger partial charge < -0.3 is 0 Å². The van der Waals surface area contributed by atoms with Crippen molar-refractivity contribution in [2.75, 3.05) is 0 Å². The summed E-state index contributed by atoms with van der Waals surface area (Å²) < 4.78 is 27.5. The summed E-state index contributed by atoms with van der Waals surface area (Å²) in [4.78, 5) is 0. The highest BCUT2D eigenvalue weighted by atomic mass is 31.0. The zero-order chi connectivity index (χ0) is 11.7. The molecule has 2 atom stereocenters. The molecule has 0 amide bonds. The van der Waals surface area contributed by atoms with Crippen molar-refractivity contribution >= 4 is 42.4 Å². The molecule has 0 fully saturated rings. The van der Waals surface area contributed by atoms with Gasteiger partial charge in [-0.05, 0) is 23.4 Å². The lowest BCUT2D eigenvalue weighted by Gasteiger charge is -2.15. The maximum absolute atomic E-state index is 13.9. The van der Waals surface area contributed by atoms with E-state index >= 15 is 0 Å². The van der Waals surface area contributed by atoms with Crippen LogP contribution >= 0.6 is 18.5 Å². The molecule has 1 aromatic rings. The molecule has 0 bridgehead atoms. The van der Waals surface area contributed by atoms with Crippen LogP contribution in [-0.4, -0.2) is 7.85 Å². The van der Waals surface area contributed by atoms with Crippen LogP contribution in [0.2, 0.25) is 0 Å². The van der Waals surface area contributed by atoms with Crippen LogP contribution in [-0.2, 0) is 6.42 Å². The Hall–Kier alpha value is 0.00494. The van der Waals surface area contributed by atoms with Gasteiger partial charge in [0.15, 0.2) is 0 Å². The van der Waals surface area contributed by atoms with E-state index in [0.717, 1.165) is 0 Å². The van der Waals surface area contributed by atoms with E-state index in [2.05, 4.69) is 18.5 Å². The molecule has 1 aromatic carbocycles. The molecule has 0 N–H and O–H groups in total. The average molecular weight is 246 g/mol. The minimum atomic E-state index is -0.318. The molecular weight excluding hydrogens is 231 g/mol. The third-order valence-corrected chi connectivity index (χ3v) is 3.88. The lowest BCUT2D eigenvalue weighted by atomic mass is 9.85. The normalized spacial score (nSPS) is 11.1. The van der Waals surface area contributed by atoms with Gasteiger partial charge in [-0.1, -0.05) is 13.8 Å². The van der Waals surface area contributed by atoms with Crippen molar-refractivity contribution in [1.29, 1.82) is 0 Å². The summed E-state index contributed by atoms with van der Waals surface area (Å²) in [5.41, 5.74) is 0.927. The molecule has 0 radical (unpaired) electrons. The van der Waals surface area contributed by atoms with Gasteiger partial charge in [0.05, 0.1) is 0 Å². The van der Waals surface area contributed by atoms with Gasteiger partial charge in [0.25, 0.3) is 0 Å². The van der Waals surface area contributed by atoms with Gasteiger partial charge in [-0.15, -0.1) is 18.5 Å². The fourth-order valence-corrected chi connectivity index (χ4v) is 2.19. The Labute approximate surface area is 95.0 Å². The predicted molar refractivity (Wildman–Crippen MR) is 71.8 cm³/mol. The van der Waals surface area contributed by atoms with Gasteiger partial charge in [-0.3, -0.25) is 0 Å². The van der Waals surface area contributed by atoms with Crippen LogP contribution in [0.25, 0.3) is 0 Å². The molecule has 0 heterocycles. The third-order valence-electron chi connectivity index (χ3n) is 2.42. The van der Waals surface area contributed by atoms with Crippen molar-refractivity contribution in [3.05, 3.63) is 17.2 Å². The lowest BCUT2D eigenvalue weighted by molar-refractivity contribution is 0.574. The summed E-state index contributed by atoms with van der Waals surface area (Å²) in [6.07, 6.45) is 0.570. The average Bonchev–Trinajstić information content (AvgIpc) is 2.18. The van der Waals surface area contributed by atoms with E-state index in [4.69, 9.17) is 0 Å². The number of hydrogen-bond acceptors (Lipinski definition) is 0. The second-order valence-corrected chi connectivity index (χ2v) is 5.31. The van der Waals surface area contributed by atoms with Crippen LogP contribution in [0.4, 0.5) is 8.78 Å². The molecule has 0 saturated carbocycles. The quantitative estimate of drug-likeness (QED) is 0.524. The molecule has 5 heteroatoms. The summed E-state index contributed by atoms with van der Waals surface area (Å²) in [5, 5.41) is 0.626. The van der Waals surface area contributed by atoms with Crippen LogP contribution in [0, 0.1) is 17.6 Å². The Kier molecular flexibility index (Phi) is 4.26. The van der Waals surface area contributed by atoms with Crippen molar-refractivity contribution in [3.8, 4) is 0 Å². The fourth-order valence-electron chi connectivity index (χ4n) is 1.55. The number of benzene rings is 1. The van der Waals surface area contributed by atoms with E-state index in [-0.39, 0.29) is 11.6 Å². The SMILES string of the molecule is Bc1c(F)c(P)c(P)c(F)c1CC(C)C. The molecule has 0 nitrogen and oxygen atoms in total. The second kappa shape index (κ2) is 4.89. The van der Waals surface area contributed by atoms with Crippen LogP contribution < -0.4 is 16.1 Å². The smallest absolute Gasteiger partial charge is 0.143 e. The fraction of sp³-hybridized carbons (Fsp3) is 0.400. The van der Waals surface area contributed by atoms with Crippen molar-refractivity contribution in [2.24, 2.45) is 5.92 Å². The van der Waals surface area contributed by atoms with Crippen molar-refractivity contribution in [1.82, 2.24) is 0 Å².